The zero-order valence-corrected chi connectivity index (χ0v) is 15.3. The SMILES string of the molecule is COC(=O)[C@H]1CCC2[C@@H]3CC[C@H]4NC(=O)CC[C@]4(C)C3CC[C@@]21C. The van der Waals surface area contributed by atoms with Crippen LogP contribution in [0.3, 0.4) is 0 Å². The van der Waals surface area contributed by atoms with Gasteiger partial charge in [0.1, 0.15) is 0 Å². The lowest BCUT2D eigenvalue weighted by Crippen LogP contribution is -2.61. The van der Waals surface area contributed by atoms with Crippen LogP contribution in [-0.4, -0.2) is 25.0 Å². The fourth-order valence-electron chi connectivity index (χ4n) is 7.23. The molecule has 4 heteroatoms. The topological polar surface area (TPSA) is 55.4 Å². The average Bonchev–Trinajstić information content (AvgIpc) is 2.92. The molecule has 1 N–H and O–H groups in total. The fourth-order valence-corrected chi connectivity index (χ4v) is 7.23. The predicted octanol–water partition coefficient (Wildman–Crippen LogP) is 3.30. The number of nitrogens with one attached hydrogen (secondary N) is 1. The normalized spacial score (nSPS) is 50.3. The van der Waals surface area contributed by atoms with Crippen molar-refractivity contribution in [1.82, 2.24) is 5.32 Å². The second-order valence-corrected chi connectivity index (χ2v) is 9.28. The van der Waals surface area contributed by atoms with Crippen molar-refractivity contribution in [1.29, 1.82) is 0 Å². The Morgan fingerprint density at radius 2 is 1.79 bits per heavy atom. The van der Waals surface area contributed by atoms with Gasteiger partial charge in [0.25, 0.3) is 0 Å². The van der Waals surface area contributed by atoms with E-state index in [4.69, 9.17) is 4.74 Å². The van der Waals surface area contributed by atoms with Gasteiger partial charge in [0.05, 0.1) is 13.0 Å². The minimum absolute atomic E-state index is 0.00303. The Kier molecular flexibility index (Phi) is 3.74. The van der Waals surface area contributed by atoms with Crippen molar-refractivity contribution in [3.05, 3.63) is 0 Å². The Bertz CT molecular complexity index is 561. The van der Waals surface area contributed by atoms with Crippen LogP contribution in [0.25, 0.3) is 0 Å². The number of methoxy groups -OCH3 is 1. The van der Waals surface area contributed by atoms with E-state index < -0.39 is 0 Å². The van der Waals surface area contributed by atoms with Gasteiger partial charge in [0.15, 0.2) is 0 Å². The molecule has 1 aliphatic heterocycles. The molecule has 4 aliphatic rings. The summed E-state index contributed by atoms with van der Waals surface area (Å²) in [5, 5.41) is 3.28. The van der Waals surface area contributed by atoms with Gasteiger partial charge in [-0.15, -0.1) is 0 Å². The van der Waals surface area contributed by atoms with Crippen LogP contribution >= 0.6 is 0 Å². The largest absolute Gasteiger partial charge is 0.469 e. The second-order valence-electron chi connectivity index (χ2n) is 9.28. The Morgan fingerprint density at radius 3 is 2.54 bits per heavy atom. The summed E-state index contributed by atoms with van der Waals surface area (Å²) in [6, 6.07) is 0.363. The third kappa shape index (κ3) is 2.10. The number of esters is 1. The van der Waals surface area contributed by atoms with E-state index in [2.05, 4.69) is 19.2 Å². The van der Waals surface area contributed by atoms with E-state index in [0.29, 0.717) is 24.3 Å². The number of piperidine rings is 1. The van der Waals surface area contributed by atoms with Crippen LogP contribution in [0.4, 0.5) is 0 Å². The zero-order chi connectivity index (χ0) is 17.1. The molecule has 3 aliphatic carbocycles. The van der Waals surface area contributed by atoms with Crippen LogP contribution < -0.4 is 5.32 Å². The smallest absolute Gasteiger partial charge is 0.309 e. The number of carbonyl (C=O) groups excluding carboxylic acids is 2. The first kappa shape index (κ1) is 16.4. The van der Waals surface area contributed by atoms with Gasteiger partial charge in [-0.3, -0.25) is 9.59 Å². The number of rotatable bonds is 1. The maximum Gasteiger partial charge on any atom is 0.309 e. The molecule has 0 aromatic rings. The molecule has 1 amide bonds. The quantitative estimate of drug-likeness (QED) is 0.749. The highest BCUT2D eigenvalue weighted by molar-refractivity contribution is 5.77. The van der Waals surface area contributed by atoms with Crippen molar-refractivity contribution in [3.63, 3.8) is 0 Å². The van der Waals surface area contributed by atoms with E-state index in [1.165, 1.54) is 26.4 Å². The van der Waals surface area contributed by atoms with Gasteiger partial charge in [0, 0.05) is 12.5 Å². The third-order valence-corrected chi connectivity index (χ3v) is 8.58. The first-order chi connectivity index (χ1) is 11.4. The molecule has 0 radical (unpaired) electrons. The van der Waals surface area contributed by atoms with Gasteiger partial charge < -0.3 is 10.1 Å². The number of ether oxygens (including phenoxy) is 1. The average molecular weight is 333 g/mol. The lowest BCUT2D eigenvalue weighted by molar-refractivity contribution is -0.155. The van der Waals surface area contributed by atoms with Crippen molar-refractivity contribution in [2.75, 3.05) is 7.11 Å². The van der Waals surface area contributed by atoms with E-state index in [9.17, 15) is 9.59 Å². The Hall–Kier alpha value is -1.06. The van der Waals surface area contributed by atoms with Crippen LogP contribution in [0.2, 0.25) is 0 Å². The molecule has 0 aromatic heterocycles. The molecule has 0 aromatic carbocycles. The minimum atomic E-state index is 0.00303. The summed E-state index contributed by atoms with van der Waals surface area (Å²) in [6.45, 7) is 4.77. The van der Waals surface area contributed by atoms with E-state index in [-0.39, 0.29) is 28.6 Å². The molecular formula is C20H31NO3. The molecule has 24 heavy (non-hydrogen) atoms. The molecule has 4 nitrogen and oxygen atoms in total. The standard InChI is InChI=1S/C20H31NO3/c1-19-10-8-14-12(13(19)5-6-15(19)18(23)24-3)4-7-16-20(14,2)11-9-17(22)21-16/h12-16H,4-11H2,1-3H3,(H,21,22)/t12-,13?,14?,15+,16+,19-,20+/m0/s1. The molecule has 7 atom stereocenters. The third-order valence-electron chi connectivity index (χ3n) is 8.58. The van der Waals surface area contributed by atoms with Crippen LogP contribution in [-0.2, 0) is 14.3 Å². The molecular weight excluding hydrogens is 302 g/mol. The summed E-state index contributed by atoms with van der Waals surface area (Å²) in [5.74, 6) is 2.40. The molecule has 0 spiro atoms. The van der Waals surface area contributed by atoms with E-state index in [1.54, 1.807) is 0 Å². The van der Waals surface area contributed by atoms with Crippen molar-refractivity contribution in [3.8, 4) is 0 Å². The van der Waals surface area contributed by atoms with Gasteiger partial charge in [0.2, 0.25) is 5.91 Å². The van der Waals surface area contributed by atoms with Crippen molar-refractivity contribution in [2.24, 2.45) is 34.5 Å². The molecule has 1 saturated heterocycles. The van der Waals surface area contributed by atoms with Gasteiger partial charge in [-0.1, -0.05) is 13.8 Å². The number of hydrogen-bond donors (Lipinski definition) is 1. The molecule has 134 valence electrons. The summed E-state index contributed by atoms with van der Waals surface area (Å²) in [6.07, 6.45) is 8.54. The second kappa shape index (κ2) is 5.47. The van der Waals surface area contributed by atoms with Crippen molar-refractivity contribution in [2.45, 2.75) is 71.3 Å². The number of amides is 1. The van der Waals surface area contributed by atoms with Crippen LogP contribution in [0.1, 0.15) is 65.2 Å². The maximum absolute atomic E-state index is 12.3. The molecule has 4 fully saturated rings. The Labute approximate surface area is 145 Å². The molecule has 0 bridgehead atoms. The van der Waals surface area contributed by atoms with E-state index in [1.807, 2.05) is 0 Å². The van der Waals surface area contributed by atoms with Crippen LogP contribution in [0.15, 0.2) is 0 Å². The maximum atomic E-state index is 12.3. The van der Waals surface area contributed by atoms with Crippen LogP contribution in [0, 0.1) is 34.5 Å². The first-order valence-electron chi connectivity index (χ1n) is 9.77. The zero-order valence-electron chi connectivity index (χ0n) is 15.3. The summed E-state index contributed by atoms with van der Waals surface area (Å²) in [7, 11) is 1.53. The first-order valence-corrected chi connectivity index (χ1v) is 9.77. The van der Waals surface area contributed by atoms with Gasteiger partial charge in [-0.2, -0.15) is 0 Å². The van der Waals surface area contributed by atoms with Crippen molar-refractivity contribution >= 4 is 11.9 Å². The number of hydrogen-bond acceptors (Lipinski definition) is 3. The summed E-state index contributed by atoms with van der Waals surface area (Å²) in [4.78, 5) is 24.1. The van der Waals surface area contributed by atoms with Crippen LogP contribution in [0.5, 0.6) is 0 Å². The van der Waals surface area contributed by atoms with E-state index >= 15 is 0 Å². The number of fused-ring (bicyclic) bond motifs is 5. The molecule has 4 rings (SSSR count). The monoisotopic (exact) mass is 333 g/mol. The predicted molar refractivity (Wildman–Crippen MR) is 91.1 cm³/mol. The van der Waals surface area contributed by atoms with Gasteiger partial charge in [-0.25, -0.2) is 0 Å². The summed E-state index contributed by atoms with van der Waals surface area (Å²) < 4.78 is 5.12. The Morgan fingerprint density at radius 1 is 1.04 bits per heavy atom. The van der Waals surface area contributed by atoms with Crippen molar-refractivity contribution < 1.29 is 14.3 Å². The number of carbonyl (C=O) groups is 2. The highest BCUT2D eigenvalue weighted by Crippen LogP contribution is 2.65. The van der Waals surface area contributed by atoms with Gasteiger partial charge in [-0.05, 0) is 73.5 Å². The summed E-state index contributed by atoms with van der Waals surface area (Å²) >= 11 is 0. The minimum Gasteiger partial charge on any atom is -0.469 e. The van der Waals surface area contributed by atoms with Gasteiger partial charge >= 0.3 is 5.97 Å². The highest BCUT2D eigenvalue weighted by Gasteiger charge is 2.61. The Balaban J connectivity index is 1.61. The highest BCUT2D eigenvalue weighted by atomic mass is 16.5. The molecule has 1 heterocycles. The fraction of sp³-hybridized carbons (Fsp3) is 0.900. The lowest BCUT2D eigenvalue weighted by atomic mass is 9.47. The molecule has 3 saturated carbocycles. The molecule has 2 unspecified atom stereocenters. The van der Waals surface area contributed by atoms with E-state index in [0.717, 1.165) is 31.6 Å². The lowest BCUT2D eigenvalue weighted by Gasteiger charge is -2.60. The summed E-state index contributed by atoms with van der Waals surface area (Å²) in [5.41, 5.74) is 0.372.